The van der Waals surface area contributed by atoms with Crippen molar-refractivity contribution in [2.75, 3.05) is 6.61 Å². The highest BCUT2D eigenvalue weighted by Gasteiger charge is 2.32. The van der Waals surface area contributed by atoms with Crippen molar-refractivity contribution in [1.29, 1.82) is 0 Å². The van der Waals surface area contributed by atoms with Gasteiger partial charge in [-0.3, -0.25) is 9.59 Å². The molecule has 2 amide bonds. The van der Waals surface area contributed by atoms with Gasteiger partial charge in [-0.2, -0.15) is 0 Å². The van der Waals surface area contributed by atoms with Crippen molar-refractivity contribution in [1.82, 2.24) is 10.2 Å². The number of amides is 2. The van der Waals surface area contributed by atoms with Crippen LogP contribution in [0, 0.1) is 6.92 Å². The van der Waals surface area contributed by atoms with E-state index >= 15 is 0 Å². The summed E-state index contributed by atoms with van der Waals surface area (Å²) in [5.74, 6) is 0.350. The van der Waals surface area contributed by atoms with Gasteiger partial charge in [0, 0.05) is 24.4 Å². The predicted octanol–water partition coefficient (Wildman–Crippen LogP) is 6.62. The van der Waals surface area contributed by atoms with Gasteiger partial charge in [-0.1, -0.05) is 116 Å². The van der Waals surface area contributed by atoms with Gasteiger partial charge < -0.3 is 15.0 Å². The summed E-state index contributed by atoms with van der Waals surface area (Å²) < 4.78 is 6.13. The van der Waals surface area contributed by atoms with Crippen LogP contribution in [-0.4, -0.2) is 35.4 Å². The van der Waals surface area contributed by atoms with Crippen LogP contribution in [0.2, 0.25) is 0 Å². The molecule has 1 saturated carbocycles. The lowest BCUT2D eigenvalue weighted by atomic mass is 9.94. The number of rotatable bonds is 10. The molecule has 5 rings (SSSR count). The van der Waals surface area contributed by atoms with E-state index in [-0.39, 0.29) is 24.5 Å². The maximum Gasteiger partial charge on any atom is 0.261 e. The standard InChI is InChI=1S/C35H38N2O3/c1-26-19-21-28(22-20-26)24-37(34(38)25-40-33-18-10-14-29-13-8-9-17-31(29)33)32(23-27-11-4-2-5-12-27)35(39)36-30-15-6-3-7-16-30/h2,4-5,8-14,17-22,30,32H,3,6-7,15-16,23-25H2,1H3,(H,36,39)/t32-/m1/s1. The van der Waals surface area contributed by atoms with Crippen LogP contribution < -0.4 is 10.1 Å². The number of nitrogens with zero attached hydrogens (tertiary/aromatic N) is 1. The zero-order valence-corrected chi connectivity index (χ0v) is 23.2. The van der Waals surface area contributed by atoms with Crippen molar-refractivity contribution < 1.29 is 14.3 Å². The first-order valence-corrected chi connectivity index (χ1v) is 14.4. The van der Waals surface area contributed by atoms with Crippen LogP contribution in [0.1, 0.15) is 48.8 Å². The average Bonchev–Trinajstić information content (AvgIpc) is 2.99. The molecule has 4 aromatic rings. The lowest BCUT2D eigenvalue weighted by molar-refractivity contribution is -0.143. The first-order valence-electron chi connectivity index (χ1n) is 14.4. The Balaban J connectivity index is 1.43. The fourth-order valence-electron chi connectivity index (χ4n) is 5.53. The van der Waals surface area contributed by atoms with Crippen molar-refractivity contribution in [2.45, 2.75) is 64.1 Å². The first kappa shape index (κ1) is 27.4. The summed E-state index contributed by atoms with van der Waals surface area (Å²) in [6, 6.07) is 31.4. The molecule has 0 radical (unpaired) electrons. The van der Waals surface area contributed by atoms with Crippen LogP contribution in [-0.2, 0) is 22.6 Å². The monoisotopic (exact) mass is 534 g/mol. The summed E-state index contributed by atoms with van der Waals surface area (Å²) in [6.07, 6.45) is 5.87. The summed E-state index contributed by atoms with van der Waals surface area (Å²) in [5, 5.41) is 5.30. The minimum absolute atomic E-state index is 0.0959. The van der Waals surface area contributed by atoms with Gasteiger partial charge in [-0.05, 0) is 42.3 Å². The van der Waals surface area contributed by atoms with Crippen LogP contribution in [0.25, 0.3) is 10.8 Å². The fraction of sp³-hybridized carbons (Fsp3) is 0.314. The summed E-state index contributed by atoms with van der Waals surface area (Å²) in [7, 11) is 0. The topological polar surface area (TPSA) is 58.6 Å². The number of fused-ring (bicyclic) bond motifs is 1. The number of hydrogen-bond donors (Lipinski definition) is 1. The molecule has 0 aliphatic heterocycles. The quantitative estimate of drug-likeness (QED) is 0.249. The zero-order chi connectivity index (χ0) is 27.7. The number of carbonyl (C=O) groups excluding carboxylic acids is 2. The Morgan fingerprint density at radius 3 is 2.30 bits per heavy atom. The molecule has 1 N–H and O–H groups in total. The Morgan fingerprint density at radius 2 is 1.52 bits per heavy atom. The van der Waals surface area contributed by atoms with Crippen LogP contribution in [0.4, 0.5) is 0 Å². The van der Waals surface area contributed by atoms with Gasteiger partial charge in [0.25, 0.3) is 5.91 Å². The lowest BCUT2D eigenvalue weighted by Crippen LogP contribution is -2.53. The first-order chi connectivity index (χ1) is 19.6. The number of hydrogen-bond acceptors (Lipinski definition) is 3. The maximum absolute atomic E-state index is 14.0. The lowest BCUT2D eigenvalue weighted by Gasteiger charge is -2.33. The zero-order valence-electron chi connectivity index (χ0n) is 23.2. The van der Waals surface area contributed by atoms with Gasteiger partial charge in [-0.15, -0.1) is 0 Å². The van der Waals surface area contributed by atoms with Gasteiger partial charge in [0.2, 0.25) is 5.91 Å². The highest BCUT2D eigenvalue weighted by atomic mass is 16.5. The molecule has 1 aliphatic rings. The van der Waals surface area contributed by atoms with Crippen molar-refractivity contribution in [2.24, 2.45) is 0 Å². The molecular formula is C35H38N2O3. The molecule has 5 heteroatoms. The largest absolute Gasteiger partial charge is 0.483 e. The number of aryl methyl sites for hydroxylation is 1. The van der Waals surface area contributed by atoms with Crippen LogP contribution in [0.15, 0.2) is 97.1 Å². The third-order valence-corrected chi connectivity index (χ3v) is 7.80. The Morgan fingerprint density at radius 1 is 0.825 bits per heavy atom. The van der Waals surface area contributed by atoms with E-state index in [1.807, 2.05) is 104 Å². The molecular weight excluding hydrogens is 496 g/mol. The second kappa shape index (κ2) is 13.3. The fourth-order valence-corrected chi connectivity index (χ4v) is 5.53. The minimum Gasteiger partial charge on any atom is -0.483 e. The maximum atomic E-state index is 14.0. The second-order valence-electron chi connectivity index (χ2n) is 10.8. The predicted molar refractivity (Wildman–Crippen MR) is 160 cm³/mol. The van der Waals surface area contributed by atoms with Crippen LogP contribution in [0.3, 0.4) is 0 Å². The van der Waals surface area contributed by atoms with Gasteiger partial charge in [0.05, 0.1) is 0 Å². The molecule has 1 atom stereocenters. The van der Waals surface area contributed by atoms with E-state index < -0.39 is 6.04 Å². The average molecular weight is 535 g/mol. The molecule has 0 heterocycles. The third-order valence-electron chi connectivity index (χ3n) is 7.80. The highest BCUT2D eigenvalue weighted by molar-refractivity contribution is 5.90. The summed E-state index contributed by atoms with van der Waals surface area (Å²) in [6.45, 7) is 2.22. The van der Waals surface area contributed by atoms with Crippen molar-refractivity contribution in [3.63, 3.8) is 0 Å². The smallest absolute Gasteiger partial charge is 0.261 e. The van der Waals surface area contributed by atoms with Crippen LogP contribution in [0.5, 0.6) is 5.75 Å². The molecule has 0 spiro atoms. The van der Waals surface area contributed by atoms with Crippen LogP contribution >= 0.6 is 0 Å². The van der Waals surface area contributed by atoms with Crippen molar-refractivity contribution >= 4 is 22.6 Å². The molecule has 5 nitrogen and oxygen atoms in total. The SMILES string of the molecule is Cc1ccc(CN(C(=O)COc2cccc3ccccc23)[C@H](Cc2ccccc2)C(=O)NC2CCCCC2)cc1. The van der Waals surface area contributed by atoms with Gasteiger partial charge in [0.15, 0.2) is 6.61 Å². The molecule has 4 aromatic carbocycles. The number of ether oxygens (including phenoxy) is 1. The number of carbonyl (C=O) groups is 2. The van der Waals surface area contributed by atoms with Gasteiger partial charge in [-0.25, -0.2) is 0 Å². The van der Waals surface area contributed by atoms with E-state index in [0.717, 1.165) is 53.1 Å². The van der Waals surface area contributed by atoms with E-state index in [0.29, 0.717) is 18.7 Å². The molecule has 0 unspecified atom stereocenters. The van der Waals surface area contributed by atoms with Crippen molar-refractivity contribution in [3.8, 4) is 5.75 Å². The Kier molecular flexibility index (Phi) is 9.12. The summed E-state index contributed by atoms with van der Waals surface area (Å²) >= 11 is 0. The number of nitrogens with one attached hydrogen (secondary N) is 1. The van der Waals surface area contributed by atoms with Gasteiger partial charge in [0.1, 0.15) is 11.8 Å². The Hall–Kier alpha value is -4.12. The molecule has 1 aliphatic carbocycles. The normalized spacial score (nSPS) is 14.4. The molecule has 40 heavy (non-hydrogen) atoms. The number of benzene rings is 4. The molecule has 0 bridgehead atoms. The van der Waals surface area contributed by atoms with E-state index in [1.165, 1.54) is 6.42 Å². The summed E-state index contributed by atoms with van der Waals surface area (Å²) in [4.78, 5) is 29.6. The van der Waals surface area contributed by atoms with E-state index in [4.69, 9.17) is 4.74 Å². The third kappa shape index (κ3) is 7.09. The Bertz CT molecular complexity index is 1410. The molecule has 0 saturated heterocycles. The second-order valence-corrected chi connectivity index (χ2v) is 10.8. The molecule has 206 valence electrons. The molecule has 1 fully saturated rings. The molecule has 0 aromatic heterocycles. The highest BCUT2D eigenvalue weighted by Crippen LogP contribution is 2.26. The minimum atomic E-state index is -0.658. The van der Waals surface area contributed by atoms with E-state index in [9.17, 15) is 9.59 Å². The van der Waals surface area contributed by atoms with E-state index in [1.54, 1.807) is 4.90 Å². The summed E-state index contributed by atoms with van der Waals surface area (Å²) in [5.41, 5.74) is 3.15. The van der Waals surface area contributed by atoms with E-state index in [2.05, 4.69) is 5.32 Å². The Labute approximate surface area is 237 Å². The van der Waals surface area contributed by atoms with Gasteiger partial charge >= 0.3 is 0 Å². The van der Waals surface area contributed by atoms with Crippen molar-refractivity contribution in [3.05, 3.63) is 114 Å².